The van der Waals surface area contributed by atoms with Crippen molar-refractivity contribution in [1.29, 1.82) is 0 Å². The van der Waals surface area contributed by atoms with Gasteiger partial charge >= 0.3 is 12.1 Å². The maximum Gasteiger partial charge on any atom is 0.490 e. The minimum atomic E-state index is -5.08. The number of ether oxygens (including phenoxy) is 2. The molecule has 4 fully saturated rings. The number of halogens is 3. The molecule has 0 aromatic heterocycles. The van der Waals surface area contributed by atoms with E-state index in [1.165, 1.54) is 25.9 Å². The van der Waals surface area contributed by atoms with E-state index in [9.17, 15) is 21.6 Å². The quantitative estimate of drug-likeness (QED) is 0.679. The second-order valence-electron chi connectivity index (χ2n) is 8.51. The van der Waals surface area contributed by atoms with E-state index < -0.39 is 27.8 Å². The average molecular weight is 458 g/mol. The van der Waals surface area contributed by atoms with Crippen LogP contribution < -0.4 is 0 Å². The van der Waals surface area contributed by atoms with Crippen LogP contribution in [0.25, 0.3) is 0 Å². The first-order chi connectivity index (χ1) is 14.0. The third-order valence-electron chi connectivity index (χ3n) is 5.86. The first-order valence-electron chi connectivity index (χ1n) is 10.2. The van der Waals surface area contributed by atoms with E-state index in [2.05, 4.69) is 4.90 Å². The van der Waals surface area contributed by atoms with Gasteiger partial charge in [-0.1, -0.05) is 0 Å². The minimum absolute atomic E-state index is 0.153. The molecule has 0 amide bonds. The number of likely N-dealkylation sites (tertiary alicyclic amines) is 1. The zero-order valence-electron chi connectivity index (χ0n) is 16.8. The lowest BCUT2D eigenvalue weighted by molar-refractivity contribution is -0.192. The Hall–Kier alpha value is -0.950. The van der Waals surface area contributed by atoms with Gasteiger partial charge in [-0.2, -0.15) is 17.5 Å². The highest BCUT2D eigenvalue weighted by Gasteiger charge is 2.48. The van der Waals surface area contributed by atoms with E-state index in [4.69, 9.17) is 19.4 Å². The van der Waals surface area contributed by atoms with E-state index in [0.29, 0.717) is 32.2 Å². The van der Waals surface area contributed by atoms with Crippen molar-refractivity contribution in [2.75, 3.05) is 52.5 Å². The molecule has 1 aliphatic carbocycles. The number of aliphatic carboxylic acids is 1. The number of carbonyl (C=O) groups is 1. The number of carboxylic acid groups (broad SMARTS) is 1. The van der Waals surface area contributed by atoms with Crippen LogP contribution in [0, 0.1) is 5.92 Å². The summed E-state index contributed by atoms with van der Waals surface area (Å²) in [6.45, 7) is 6.16. The summed E-state index contributed by atoms with van der Waals surface area (Å²) in [4.78, 5) is 11.4. The monoisotopic (exact) mass is 458 g/mol. The van der Waals surface area contributed by atoms with E-state index in [-0.39, 0.29) is 5.25 Å². The highest BCUT2D eigenvalue weighted by Crippen LogP contribution is 2.37. The van der Waals surface area contributed by atoms with Crippen molar-refractivity contribution in [2.24, 2.45) is 5.92 Å². The number of alkyl halides is 3. The van der Waals surface area contributed by atoms with Crippen molar-refractivity contribution in [1.82, 2.24) is 9.21 Å². The molecular formula is C18H29F3N2O6S. The lowest BCUT2D eigenvalue weighted by Crippen LogP contribution is -2.47. The van der Waals surface area contributed by atoms with Crippen LogP contribution in [0.3, 0.4) is 0 Å². The molecule has 1 N–H and O–H groups in total. The Morgan fingerprint density at radius 2 is 1.80 bits per heavy atom. The zero-order chi connectivity index (χ0) is 22.0. The van der Waals surface area contributed by atoms with Crippen molar-refractivity contribution < 1.29 is 41.0 Å². The van der Waals surface area contributed by atoms with Crippen LogP contribution in [0.15, 0.2) is 0 Å². The molecule has 30 heavy (non-hydrogen) atoms. The molecule has 0 bridgehead atoms. The third kappa shape index (κ3) is 6.06. The van der Waals surface area contributed by atoms with Crippen molar-refractivity contribution in [3.05, 3.63) is 0 Å². The molecule has 3 heterocycles. The first-order valence-corrected chi connectivity index (χ1v) is 11.8. The number of hydrogen-bond acceptors (Lipinski definition) is 6. The molecule has 0 radical (unpaired) electrons. The van der Waals surface area contributed by atoms with Gasteiger partial charge in [0, 0.05) is 19.6 Å². The van der Waals surface area contributed by atoms with Crippen LogP contribution in [-0.4, -0.2) is 98.3 Å². The number of rotatable bonds is 4. The Labute approximate surface area is 174 Å². The molecule has 3 aliphatic heterocycles. The third-order valence-corrected chi connectivity index (χ3v) is 8.21. The van der Waals surface area contributed by atoms with Gasteiger partial charge in [-0.3, -0.25) is 0 Å². The van der Waals surface area contributed by atoms with E-state index >= 15 is 0 Å². The van der Waals surface area contributed by atoms with Crippen LogP contribution >= 0.6 is 0 Å². The Balaban J connectivity index is 0.000000318. The van der Waals surface area contributed by atoms with Crippen LogP contribution in [0.4, 0.5) is 13.2 Å². The van der Waals surface area contributed by atoms with Crippen LogP contribution in [-0.2, 0) is 24.3 Å². The predicted molar refractivity (Wildman–Crippen MR) is 100 cm³/mol. The number of nitrogens with zero attached hydrogens (tertiary/aromatic N) is 2. The topological polar surface area (TPSA) is 96.4 Å². The van der Waals surface area contributed by atoms with Crippen LogP contribution in [0.2, 0.25) is 0 Å². The fraction of sp³-hybridized carbons (Fsp3) is 0.944. The molecular weight excluding hydrogens is 429 g/mol. The maximum absolute atomic E-state index is 12.6. The second-order valence-corrected chi connectivity index (χ2v) is 10.7. The summed E-state index contributed by atoms with van der Waals surface area (Å²) < 4.78 is 70.5. The Kier molecular flexibility index (Phi) is 7.33. The average Bonchev–Trinajstić information content (AvgIpc) is 3.34. The SMILES string of the molecule is O=C(O)C(F)(F)F.O=S(=O)(C1CC1)N1CCOCC2(CC(CN3CCCC3)CO2)C1. The molecule has 4 rings (SSSR count). The molecule has 1 spiro atoms. The summed E-state index contributed by atoms with van der Waals surface area (Å²) in [6.07, 6.45) is 0.0565. The van der Waals surface area contributed by atoms with Gasteiger partial charge in [0.15, 0.2) is 0 Å². The maximum atomic E-state index is 12.6. The fourth-order valence-corrected chi connectivity index (χ4v) is 6.16. The van der Waals surface area contributed by atoms with Crippen molar-refractivity contribution in [3.63, 3.8) is 0 Å². The van der Waals surface area contributed by atoms with Crippen LogP contribution in [0.5, 0.6) is 0 Å². The standard InChI is InChI=1S/C16H28N2O4S.C2HF3O2/c19-23(20,15-3-4-15)18-7-8-21-13-16(12-18)9-14(11-22-16)10-17-5-1-2-6-17;3-2(4,5)1(6)7/h14-15H,1-13H2;(H,6,7). The van der Waals surface area contributed by atoms with Crippen molar-refractivity contribution in [2.45, 2.75) is 49.1 Å². The highest BCUT2D eigenvalue weighted by atomic mass is 32.2. The Morgan fingerprint density at radius 3 is 2.37 bits per heavy atom. The smallest absolute Gasteiger partial charge is 0.475 e. The molecule has 174 valence electrons. The predicted octanol–water partition coefficient (Wildman–Crippen LogP) is 1.32. The lowest BCUT2D eigenvalue weighted by Gasteiger charge is -2.31. The number of carboxylic acids is 1. The summed E-state index contributed by atoms with van der Waals surface area (Å²) in [5.41, 5.74) is -0.428. The van der Waals surface area contributed by atoms with Gasteiger partial charge in [-0.15, -0.1) is 0 Å². The molecule has 1 saturated carbocycles. The number of hydrogen-bond donors (Lipinski definition) is 1. The van der Waals surface area contributed by atoms with Crippen molar-refractivity contribution in [3.8, 4) is 0 Å². The highest BCUT2D eigenvalue weighted by molar-refractivity contribution is 7.90. The Bertz CT molecular complexity index is 709. The molecule has 4 aliphatic rings. The normalized spacial score (nSPS) is 31.4. The first kappa shape index (κ1) is 23.7. The molecule has 3 saturated heterocycles. The van der Waals surface area contributed by atoms with Gasteiger partial charge in [-0.05, 0) is 51.1 Å². The van der Waals surface area contributed by atoms with E-state index in [1.54, 1.807) is 4.31 Å². The van der Waals surface area contributed by atoms with E-state index in [1.807, 2.05) is 0 Å². The van der Waals surface area contributed by atoms with Crippen LogP contribution in [0.1, 0.15) is 32.1 Å². The van der Waals surface area contributed by atoms with Gasteiger partial charge < -0.3 is 19.5 Å². The summed E-state index contributed by atoms with van der Waals surface area (Å²) in [6, 6.07) is 0. The molecule has 2 unspecified atom stereocenters. The molecule has 8 nitrogen and oxygen atoms in total. The minimum Gasteiger partial charge on any atom is -0.475 e. The summed E-state index contributed by atoms with van der Waals surface area (Å²) in [5, 5.41) is 6.97. The fourth-order valence-electron chi connectivity index (χ4n) is 4.26. The largest absolute Gasteiger partial charge is 0.490 e. The molecule has 2 atom stereocenters. The lowest BCUT2D eigenvalue weighted by atomic mass is 9.94. The second kappa shape index (κ2) is 9.27. The zero-order valence-corrected chi connectivity index (χ0v) is 17.6. The van der Waals surface area contributed by atoms with E-state index in [0.717, 1.165) is 32.4 Å². The van der Waals surface area contributed by atoms with Gasteiger partial charge in [0.1, 0.15) is 5.60 Å². The molecule has 0 aromatic carbocycles. The summed E-state index contributed by atoms with van der Waals surface area (Å²) >= 11 is 0. The van der Waals surface area contributed by atoms with Gasteiger partial charge in [0.2, 0.25) is 10.0 Å². The Morgan fingerprint density at radius 1 is 1.17 bits per heavy atom. The molecule has 0 aromatic rings. The van der Waals surface area contributed by atoms with Gasteiger partial charge in [0.05, 0.1) is 25.1 Å². The van der Waals surface area contributed by atoms with Gasteiger partial charge in [-0.25, -0.2) is 13.2 Å². The number of sulfonamides is 1. The van der Waals surface area contributed by atoms with Gasteiger partial charge in [0.25, 0.3) is 0 Å². The molecule has 12 heteroatoms. The van der Waals surface area contributed by atoms with Crippen molar-refractivity contribution >= 4 is 16.0 Å². The summed E-state index contributed by atoms with van der Waals surface area (Å²) in [5.74, 6) is -2.26. The summed E-state index contributed by atoms with van der Waals surface area (Å²) in [7, 11) is -3.15.